The molecule has 0 radical (unpaired) electrons. The molecule has 246 valence electrons. The smallest absolute Gasteiger partial charge is 0.136 e. The van der Waals surface area contributed by atoms with E-state index in [1.54, 1.807) is 0 Å². The zero-order valence-electron chi connectivity index (χ0n) is 28.2. The number of furan rings is 1. The molecule has 2 aromatic heterocycles. The Morgan fingerprint density at radius 3 is 1.65 bits per heavy atom. The maximum absolute atomic E-state index is 6.20. The normalized spacial score (nSPS) is 11.5. The highest BCUT2D eigenvalue weighted by atomic mass is 32.1. The van der Waals surface area contributed by atoms with Gasteiger partial charge in [-0.05, 0) is 96.1 Å². The van der Waals surface area contributed by atoms with Gasteiger partial charge in [0, 0.05) is 59.4 Å². The second-order valence-corrected chi connectivity index (χ2v) is 14.0. The average molecular weight is 685 g/mol. The van der Waals surface area contributed by atoms with Crippen LogP contribution in [0.4, 0.5) is 34.1 Å². The van der Waals surface area contributed by atoms with Gasteiger partial charge in [-0.1, -0.05) is 109 Å². The first kappa shape index (κ1) is 30.2. The van der Waals surface area contributed by atoms with Crippen molar-refractivity contribution in [2.45, 2.75) is 0 Å². The number of fused-ring (bicyclic) bond motifs is 6. The molecular formula is C48H32N2OS. The van der Waals surface area contributed by atoms with E-state index in [2.05, 4.69) is 192 Å². The van der Waals surface area contributed by atoms with E-state index < -0.39 is 0 Å². The molecule has 3 nitrogen and oxygen atoms in total. The highest BCUT2D eigenvalue weighted by molar-refractivity contribution is 7.26. The number of anilines is 6. The van der Waals surface area contributed by atoms with Gasteiger partial charge in [0.1, 0.15) is 11.2 Å². The average Bonchev–Trinajstić information content (AvgIpc) is 3.78. The molecule has 52 heavy (non-hydrogen) atoms. The summed E-state index contributed by atoms with van der Waals surface area (Å²) in [5, 5.41) is 4.80. The van der Waals surface area contributed by atoms with Crippen molar-refractivity contribution in [1.82, 2.24) is 0 Å². The standard InChI is InChI=1S/C48H32N2OS/c1-4-14-34(15-5-1)49(37-28-26-33(27-29-37)39-21-12-24-44-47(39)40-20-10-11-23-43(40)51-44)38-30-31-41-46(32-38)52-45-25-13-22-42(48(41)45)50(35-16-6-2-7-17-35)36-18-8-3-9-19-36/h1-32H. The van der Waals surface area contributed by atoms with Crippen LogP contribution >= 0.6 is 11.3 Å². The second-order valence-electron chi connectivity index (χ2n) is 12.9. The fraction of sp³-hybridized carbons (Fsp3) is 0. The third kappa shape index (κ3) is 5.12. The Balaban J connectivity index is 1.09. The summed E-state index contributed by atoms with van der Waals surface area (Å²) in [6, 6.07) is 69.0. The summed E-state index contributed by atoms with van der Waals surface area (Å²) in [7, 11) is 0. The topological polar surface area (TPSA) is 19.6 Å². The van der Waals surface area contributed by atoms with Crippen LogP contribution in [0.1, 0.15) is 0 Å². The number of para-hydroxylation sites is 4. The number of benzene rings is 8. The van der Waals surface area contributed by atoms with Gasteiger partial charge in [0.25, 0.3) is 0 Å². The van der Waals surface area contributed by atoms with Gasteiger partial charge in [0.05, 0.1) is 5.69 Å². The monoisotopic (exact) mass is 684 g/mol. The molecule has 10 aromatic rings. The summed E-state index contributed by atoms with van der Waals surface area (Å²) in [6.45, 7) is 0. The molecule has 0 unspecified atom stereocenters. The van der Waals surface area contributed by atoms with E-state index in [1.807, 2.05) is 23.5 Å². The predicted molar refractivity (Wildman–Crippen MR) is 221 cm³/mol. The molecule has 0 aliphatic heterocycles. The predicted octanol–water partition coefficient (Wildman–Crippen LogP) is 14.6. The Bertz CT molecular complexity index is 2800. The third-order valence-corrected chi connectivity index (χ3v) is 11.0. The van der Waals surface area contributed by atoms with E-state index in [0.29, 0.717) is 0 Å². The van der Waals surface area contributed by atoms with E-state index in [4.69, 9.17) is 4.42 Å². The number of thiophene rings is 1. The Morgan fingerprint density at radius 1 is 0.365 bits per heavy atom. The van der Waals surface area contributed by atoms with Gasteiger partial charge < -0.3 is 14.2 Å². The van der Waals surface area contributed by atoms with Crippen molar-refractivity contribution < 1.29 is 4.42 Å². The number of nitrogens with zero attached hydrogens (tertiary/aromatic N) is 2. The minimum atomic E-state index is 0.907. The molecule has 0 N–H and O–H groups in total. The highest BCUT2D eigenvalue weighted by Crippen LogP contribution is 2.47. The van der Waals surface area contributed by atoms with Crippen LogP contribution in [0, 0.1) is 0 Å². The quantitative estimate of drug-likeness (QED) is 0.167. The first-order chi connectivity index (χ1) is 25.8. The van der Waals surface area contributed by atoms with Crippen LogP contribution in [-0.2, 0) is 0 Å². The van der Waals surface area contributed by atoms with Crippen LogP contribution in [0.5, 0.6) is 0 Å². The fourth-order valence-corrected chi connectivity index (χ4v) is 8.69. The Labute approximate surface area is 305 Å². The summed E-state index contributed by atoms with van der Waals surface area (Å²) < 4.78 is 8.71. The molecule has 0 aliphatic carbocycles. The van der Waals surface area contributed by atoms with Crippen LogP contribution in [0.2, 0.25) is 0 Å². The fourth-order valence-electron chi connectivity index (χ4n) is 7.53. The van der Waals surface area contributed by atoms with Gasteiger partial charge in [0.2, 0.25) is 0 Å². The summed E-state index contributed by atoms with van der Waals surface area (Å²) in [6.07, 6.45) is 0. The van der Waals surface area contributed by atoms with Crippen molar-refractivity contribution in [2.24, 2.45) is 0 Å². The second kappa shape index (κ2) is 12.6. The van der Waals surface area contributed by atoms with E-state index in [1.165, 1.54) is 31.4 Å². The Morgan fingerprint density at radius 2 is 0.942 bits per heavy atom. The van der Waals surface area contributed by atoms with Gasteiger partial charge in [-0.3, -0.25) is 0 Å². The molecule has 0 saturated heterocycles. The van der Waals surface area contributed by atoms with Gasteiger partial charge in [-0.15, -0.1) is 11.3 Å². The largest absolute Gasteiger partial charge is 0.456 e. The molecule has 10 rings (SSSR count). The van der Waals surface area contributed by atoms with Crippen molar-refractivity contribution in [1.29, 1.82) is 0 Å². The Hall–Kier alpha value is -6.62. The van der Waals surface area contributed by atoms with Crippen molar-refractivity contribution in [3.63, 3.8) is 0 Å². The summed E-state index contributed by atoms with van der Waals surface area (Å²) in [5.41, 5.74) is 10.9. The van der Waals surface area contributed by atoms with Crippen molar-refractivity contribution in [3.05, 3.63) is 194 Å². The number of hydrogen-bond acceptors (Lipinski definition) is 4. The van der Waals surface area contributed by atoms with Crippen LogP contribution in [-0.4, -0.2) is 0 Å². The lowest BCUT2D eigenvalue weighted by atomic mass is 9.99. The lowest BCUT2D eigenvalue weighted by Crippen LogP contribution is -2.10. The maximum atomic E-state index is 6.20. The molecule has 0 bridgehead atoms. The molecule has 0 spiro atoms. The Kier molecular flexibility index (Phi) is 7.33. The van der Waals surface area contributed by atoms with E-state index in [-0.39, 0.29) is 0 Å². The molecule has 0 fully saturated rings. The molecular weight excluding hydrogens is 653 g/mol. The first-order valence-corrected chi connectivity index (χ1v) is 18.3. The third-order valence-electron chi connectivity index (χ3n) is 9.84. The molecule has 0 amide bonds. The number of hydrogen-bond donors (Lipinski definition) is 0. The molecule has 0 aliphatic rings. The van der Waals surface area contributed by atoms with Crippen molar-refractivity contribution in [3.8, 4) is 11.1 Å². The minimum Gasteiger partial charge on any atom is -0.456 e. The summed E-state index contributed by atoms with van der Waals surface area (Å²) in [5.74, 6) is 0. The minimum absolute atomic E-state index is 0.907. The van der Waals surface area contributed by atoms with Crippen molar-refractivity contribution >= 4 is 87.6 Å². The van der Waals surface area contributed by atoms with Gasteiger partial charge in [-0.2, -0.15) is 0 Å². The SMILES string of the molecule is c1ccc(N(c2ccc(-c3cccc4oc5ccccc5c34)cc2)c2ccc3c(c2)sc2cccc(N(c4ccccc4)c4ccccc4)c23)cc1. The lowest BCUT2D eigenvalue weighted by Gasteiger charge is -2.27. The van der Waals surface area contributed by atoms with E-state index in [9.17, 15) is 0 Å². The molecule has 0 atom stereocenters. The molecule has 2 heterocycles. The number of rotatable bonds is 7. The van der Waals surface area contributed by atoms with Crippen molar-refractivity contribution in [2.75, 3.05) is 9.80 Å². The highest BCUT2D eigenvalue weighted by Gasteiger charge is 2.20. The summed E-state index contributed by atoms with van der Waals surface area (Å²) in [4.78, 5) is 4.72. The molecule has 8 aromatic carbocycles. The lowest BCUT2D eigenvalue weighted by molar-refractivity contribution is 0.669. The summed E-state index contributed by atoms with van der Waals surface area (Å²) >= 11 is 1.85. The zero-order valence-corrected chi connectivity index (χ0v) is 29.0. The van der Waals surface area contributed by atoms with Crippen LogP contribution in [0.15, 0.2) is 199 Å². The van der Waals surface area contributed by atoms with E-state index in [0.717, 1.165) is 55.9 Å². The van der Waals surface area contributed by atoms with Gasteiger partial charge in [0.15, 0.2) is 0 Å². The van der Waals surface area contributed by atoms with Crippen LogP contribution < -0.4 is 9.80 Å². The van der Waals surface area contributed by atoms with Gasteiger partial charge >= 0.3 is 0 Å². The molecule has 0 saturated carbocycles. The van der Waals surface area contributed by atoms with E-state index >= 15 is 0 Å². The zero-order chi connectivity index (χ0) is 34.4. The van der Waals surface area contributed by atoms with Crippen LogP contribution in [0.3, 0.4) is 0 Å². The molecule has 4 heteroatoms. The maximum Gasteiger partial charge on any atom is 0.136 e. The van der Waals surface area contributed by atoms with Gasteiger partial charge in [-0.25, -0.2) is 0 Å². The van der Waals surface area contributed by atoms with Crippen LogP contribution in [0.25, 0.3) is 53.2 Å². The first-order valence-electron chi connectivity index (χ1n) is 17.5.